The minimum Gasteiger partial charge on any atom is -0.393 e. The van der Waals surface area contributed by atoms with E-state index < -0.39 is 23.2 Å². The van der Waals surface area contributed by atoms with Gasteiger partial charge in [-0.25, -0.2) is 0 Å². The smallest absolute Gasteiger partial charge is 0.167 e. The molecule has 1 spiro atoms. The van der Waals surface area contributed by atoms with Crippen molar-refractivity contribution < 1.29 is 24.5 Å². The Bertz CT molecular complexity index is 906. The summed E-state index contributed by atoms with van der Waals surface area (Å²) in [6.07, 6.45) is 3.70. The van der Waals surface area contributed by atoms with E-state index in [1.54, 1.807) is 0 Å². The molecule has 0 radical (unpaired) electrons. The standard InChI is InChI=1S/C28H42O5/c1-14(2)15(3)22(30)18-7-8-19(16(18)4)26(5)11-10-20-21(24(26)32)23(31)25-28(33-25)13-17(29)9-12-27(20,28)6/h14-19,23,25,29,31H,7-13H2,1-6H3/t15-,16-,17+,18+,19-,23-,25+,26-,27-,28+/m1/s1. The zero-order chi connectivity index (χ0) is 24.1. The Morgan fingerprint density at radius 2 is 1.79 bits per heavy atom. The lowest BCUT2D eigenvalue weighted by Gasteiger charge is -2.52. The van der Waals surface area contributed by atoms with Crippen molar-refractivity contribution in [3.05, 3.63) is 11.1 Å². The first-order valence-corrected chi connectivity index (χ1v) is 13.2. The molecule has 0 bridgehead atoms. The van der Waals surface area contributed by atoms with Crippen LogP contribution in [0.25, 0.3) is 0 Å². The van der Waals surface area contributed by atoms with E-state index in [1.165, 1.54) is 0 Å². The first-order chi connectivity index (χ1) is 15.4. The number of ether oxygens (including phenoxy) is 1. The maximum Gasteiger partial charge on any atom is 0.167 e. The van der Waals surface area contributed by atoms with E-state index in [0.29, 0.717) is 30.1 Å². The fraction of sp³-hybridized carbons (Fsp3) is 0.857. The number of carbonyl (C=O) groups is 2. The van der Waals surface area contributed by atoms with Gasteiger partial charge in [0.05, 0.1) is 6.10 Å². The molecular weight excluding hydrogens is 416 g/mol. The molecule has 10 atom stereocenters. The fourth-order valence-electron chi connectivity index (χ4n) is 8.47. The topological polar surface area (TPSA) is 87.1 Å². The Balaban J connectivity index is 1.45. The number of Topliss-reactive ketones (excluding diaryl/α,β-unsaturated/α-hetero) is 2. The molecule has 5 nitrogen and oxygen atoms in total. The Morgan fingerprint density at radius 1 is 1.09 bits per heavy atom. The van der Waals surface area contributed by atoms with Gasteiger partial charge in [0.15, 0.2) is 5.78 Å². The summed E-state index contributed by atoms with van der Waals surface area (Å²) in [6, 6.07) is 0. The van der Waals surface area contributed by atoms with Gasteiger partial charge in [0.1, 0.15) is 23.6 Å². The molecule has 0 amide bonds. The van der Waals surface area contributed by atoms with Gasteiger partial charge in [0.25, 0.3) is 0 Å². The molecule has 2 saturated carbocycles. The maximum atomic E-state index is 14.2. The third kappa shape index (κ3) is 3.00. The van der Waals surface area contributed by atoms with Crippen LogP contribution < -0.4 is 0 Å². The van der Waals surface area contributed by atoms with Crippen molar-refractivity contribution >= 4 is 11.6 Å². The van der Waals surface area contributed by atoms with E-state index in [-0.39, 0.29) is 41.0 Å². The van der Waals surface area contributed by atoms with Crippen LogP contribution in [0.2, 0.25) is 0 Å². The predicted octanol–water partition coefficient (Wildman–Crippen LogP) is 4.24. The van der Waals surface area contributed by atoms with Crippen LogP contribution in [0.1, 0.15) is 86.5 Å². The van der Waals surface area contributed by atoms with Gasteiger partial charge in [0.2, 0.25) is 0 Å². The Kier molecular flexibility index (Phi) is 5.37. The molecular formula is C28H42O5. The molecule has 5 aliphatic rings. The number of hydrogen-bond donors (Lipinski definition) is 2. The lowest BCUT2D eigenvalue weighted by molar-refractivity contribution is -0.134. The molecule has 0 aromatic heterocycles. The summed E-state index contributed by atoms with van der Waals surface area (Å²) in [5.74, 6) is 1.18. The summed E-state index contributed by atoms with van der Waals surface area (Å²) in [6.45, 7) is 12.7. The van der Waals surface area contributed by atoms with Crippen LogP contribution in [0.5, 0.6) is 0 Å². The van der Waals surface area contributed by atoms with Crippen LogP contribution in [0, 0.1) is 40.4 Å². The molecule has 2 N–H and O–H groups in total. The van der Waals surface area contributed by atoms with Gasteiger partial charge in [-0.05, 0) is 56.3 Å². The van der Waals surface area contributed by atoms with Crippen LogP contribution in [0.15, 0.2) is 11.1 Å². The van der Waals surface area contributed by atoms with Gasteiger partial charge in [-0.1, -0.05) is 47.1 Å². The van der Waals surface area contributed by atoms with Crippen LogP contribution >= 0.6 is 0 Å². The number of rotatable bonds is 4. The van der Waals surface area contributed by atoms with Gasteiger partial charge in [-0.2, -0.15) is 0 Å². The summed E-state index contributed by atoms with van der Waals surface area (Å²) in [5, 5.41) is 21.6. The molecule has 1 heterocycles. The minimum absolute atomic E-state index is 0.0282. The Hall–Kier alpha value is -1.04. The van der Waals surface area contributed by atoms with Gasteiger partial charge in [-0.3, -0.25) is 9.59 Å². The first-order valence-electron chi connectivity index (χ1n) is 13.2. The largest absolute Gasteiger partial charge is 0.393 e. The van der Waals surface area contributed by atoms with Crippen molar-refractivity contribution in [3.63, 3.8) is 0 Å². The van der Waals surface area contributed by atoms with Crippen LogP contribution in [-0.4, -0.2) is 45.7 Å². The third-order valence-corrected chi connectivity index (χ3v) is 11.1. The van der Waals surface area contributed by atoms with Crippen molar-refractivity contribution in [2.24, 2.45) is 40.4 Å². The number of aliphatic hydroxyl groups excluding tert-OH is 2. The van der Waals surface area contributed by atoms with E-state index in [9.17, 15) is 19.8 Å². The summed E-state index contributed by atoms with van der Waals surface area (Å²) in [5.41, 5.74) is 0.356. The number of ketones is 2. The van der Waals surface area contributed by atoms with Crippen molar-refractivity contribution in [3.8, 4) is 0 Å². The molecule has 33 heavy (non-hydrogen) atoms. The van der Waals surface area contributed by atoms with Crippen molar-refractivity contribution in [2.75, 3.05) is 0 Å². The quantitative estimate of drug-likeness (QED) is 0.616. The molecule has 5 rings (SSSR count). The molecule has 1 aliphatic heterocycles. The molecule has 4 aliphatic carbocycles. The SMILES string of the molecule is CC(C)[C@@H](C)C(=O)[C@H]1CC[C@@H]([C@@]2(C)CCC3=C(C2=O)[C@@H](O)[C@@H]2O[C@@]24C[C@@H](O)CC[C@]34C)[C@@H]1C. The molecule has 0 unspecified atom stereocenters. The number of fused-ring (bicyclic) bond motifs is 1. The van der Waals surface area contributed by atoms with E-state index >= 15 is 0 Å². The summed E-state index contributed by atoms with van der Waals surface area (Å²) < 4.78 is 6.16. The highest BCUT2D eigenvalue weighted by molar-refractivity contribution is 6.03. The number of carbonyl (C=O) groups excluding carboxylic acids is 2. The third-order valence-electron chi connectivity index (χ3n) is 11.1. The number of epoxide rings is 1. The second-order valence-electron chi connectivity index (χ2n) is 12.8. The highest BCUT2D eigenvalue weighted by Crippen LogP contribution is 2.69. The lowest BCUT2D eigenvalue weighted by atomic mass is 9.50. The lowest BCUT2D eigenvalue weighted by Crippen LogP contribution is -2.56. The van der Waals surface area contributed by atoms with Gasteiger partial charge in [0, 0.05) is 34.7 Å². The van der Waals surface area contributed by atoms with Gasteiger partial charge < -0.3 is 14.9 Å². The van der Waals surface area contributed by atoms with Crippen molar-refractivity contribution in [1.82, 2.24) is 0 Å². The average Bonchev–Trinajstić information content (AvgIpc) is 3.36. The summed E-state index contributed by atoms with van der Waals surface area (Å²) >= 11 is 0. The zero-order valence-electron chi connectivity index (χ0n) is 21.2. The first kappa shape index (κ1) is 23.7. The molecule has 0 aromatic carbocycles. The van der Waals surface area contributed by atoms with Crippen LogP contribution in [-0.2, 0) is 14.3 Å². The highest BCUT2D eigenvalue weighted by Gasteiger charge is 2.76. The van der Waals surface area contributed by atoms with Crippen LogP contribution in [0.4, 0.5) is 0 Å². The van der Waals surface area contributed by atoms with E-state index in [0.717, 1.165) is 37.7 Å². The van der Waals surface area contributed by atoms with E-state index in [1.807, 2.05) is 6.92 Å². The maximum absolute atomic E-state index is 14.2. The Morgan fingerprint density at radius 3 is 2.45 bits per heavy atom. The highest BCUT2D eigenvalue weighted by atomic mass is 16.6. The zero-order valence-corrected chi connectivity index (χ0v) is 21.2. The van der Waals surface area contributed by atoms with Crippen molar-refractivity contribution in [1.29, 1.82) is 0 Å². The molecule has 1 saturated heterocycles. The number of hydrogen-bond acceptors (Lipinski definition) is 5. The Labute approximate surface area is 198 Å². The average molecular weight is 459 g/mol. The van der Waals surface area contributed by atoms with E-state index in [4.69, 9.17) is 4.74 Å². The molecule has 5 heteroatoms. The predicted molar refractivity (Wildman–Crippen MR) is 125 cm³/mol. The second kappa shape index (κ2) is 7.48. The summed E-state index contributed by atoms with van der Waals surface area (Å²) in [7, 11) is 0. The minimum atomic E-state index is -0.902. The van der Waals surface area contributed by atoms with Crippen molar-refractivity contribution in [2.45, 2.75) is 110 Å². The monoisotopic (exact) mass is 458 g/mol. The van der Waals surface area contributed by atoms with Gasteiger partial charge >= 0.3 is 0 Å². The van der Waals surface area contributed by atoms with E-state index in [2.05, 4.69) is 34.6 Å². The summed E-state index contributed by atoms with van der Waals surface area (Å²) in [4.78, 5) is 27.4. The second-order valence-corrected chi connectivity index (χ2v) is 12.8. The number of aliphatic hydroxyl groups is 2. The van der Waals surface area contributed by atoms with Crippen LogP contribution in [0.3, 0.4) is 0 Å². The molecule has 3 fully saturated rings. The fourth-order valence-corrected chi connectivity index (χ4v) is 8.47. The normalized spacial score (nSPS) is 50.0. The molecule has 184 valence electrons. The van der Waals surface area contributed by atoms with Gasteiger partial charge in [-0.15, -0.1) is 0 Å². The molecule has 0 aromatic rings.